The average Bonchev–Trinajstić information content (AvgIpc) is 2.50. The fraction of sp³-hybridized carbons (Fsp3) is 0.643. The first-order valence-electron chi connectivity index (χ1n) is 6.75. The molecule has 6 heteroatoms. The summed E-state index contributed by atoms with van der Waals surface area (Å²) in [6.45, 7) is 3.69. The predicted molar refractivity (Wildman–Crippen MR) is 75.5 cm³/mol. The van der Waals surface area contributed by atoms with Crippen molar-refractivity contribution in [3.63, 3.8) is 0 Å². The van der Waals surface area contributed by atoms with E-state index in [-0.39, 0.29) is 6.10 Å². The number of hydrogen-bond acceptors (Lipinski definition) is 6. The predicted octanol–water partition coefficient (Wildman–Crippen LogP) is 0.778. The SMILES string of the molecule is COCCOCCOCCOC(CN)c1ccccn1. The maximum Gasteiger partial charge on any atom is 0.112 e. The molecule has 1 aromatic heterocycles. The molecule has 0 bridgehead atoms. The molecule has 1 unspecified atom stereocenters. The molecule has 0 amide bonds. The standard InChI is InChI=1S/C14H24N2O4/c1-17-6-7-18-8-9-19-10-11-20-14(12-15)13-4-2-3-5-16-13/h2-5,14H,6-12,15H2,1H3. The minimum Gasteiger partial charge on any atom is -0.382 e. The van der Waals surface area contributed by atoms with E-state index in [1.807, 2.05) is 18.2 Å². The first kappa shape index (κ1) is 17.0. The highest BCUT2D eigenvalue weighted by atomic mass is 16.6. The Morgan fingerprint density at radius 3 is 2.35 bits per heavy atom. The number of hydrogen-bond donors (Lipinski definition) is 1. The lowest BCUT2D eigenvalue weighted by Crippen LogP contribution is -2.19. The molecule has 114 valence electrons. The maximum atomic E-state index is 5.68. The van der Waals surface area contributed by atoms with Gasteiger partial charge in [-0.25, -0.2) is 0 Å². The summed E-state index contributed by atoms with van der Waals surface area (Å²) >= 11 is 0. The van der Waals surface area contributed by atoms with Gasteiger partial charge in [0, 0.05) is 19.9 Å². The fourth-order valence-corrected chi connectivity index (χ4v) is 1.55. The zero-order valence-corrected chi connectivity index (χ0v) is 12.0. The van der Waals surface area contributed by atoms with Crippen molar-refractivity contribution in [2.45, 2.75) is 6.10 Å². The minimum atomic E-state index is -0.183. The smallest absolute Gasteiger partial charge is 0.112 e. The molecular formula is C14H24N2O4. The van der Waals surface area contributed by atoms with Gasteiger partial charge < -0.3 is 24.7 Å². The molecule has 0 aliphatic rings. The summed E-state index contributed by atoms with van der Waals surface area (Å²) in [6.07, 6.45) is 1.55. The van der Waals surface area contributed by atoms with Crippen LogP contribution >= 0.6 is 0 Å². The molecule has 2 N–H and O–H groups in total. The van der Waals surface area contributed by atoms with Gasteiger partial charge in [0.2, 0.25) is 0 Å². The molecule has 0 spiro atoms. The van der Waals surface area contributed by atoms with Gasteiger partial charge in [0.1, 0.15) is 6.10 Å². The summed E-state index contributed by atoms with van der Waals surface area (Å²) < 4.78 is 21.2. The van der Waals surface area contributed by atoms with Crippen LogP contribution in [0.25, 0.3) is 0 Å². The third kappa shape index (κ3) is 7.52. The number of methoxy groups -OCH3 is 1. The molecule has 0 saturated heterocycles. The molecule has 0 aliphatic carbocycles. The van der Waals surface area contributed by atoms with E-state index in [2.05, 4.69) is 4.98 Å². The number of nitrogens with zero attached hydrogens (tertiary/aromatic N) is 1. The summed E-state index contributed by atoms with van der Waals surface area (Å²) in [5.74, 6) is 0. The molecule has 1 rings (SSSR count). The Morgan fingerprint density at radius 1 is 1.05 bits per heavy atom. The monoisotopic (exact) mass is 284 g/mol. The van der Waals surface area contributed by atoms with E-state index in [0.717, 1.165) is 5.69 Å². The Kier molecular flexibility index (Phi) is 9.99. The van der Waals surface area contributed by atoms with Crippen molar-refractivity contribution in [3.05, 3.63) is 30.1 Å². The number of rotatable bonds is 12. The Bertz CT molecular complexity index is 324. The topological polar surface area (TPSA) is 75.8 Å². The normalized spacial score (nSPS) is 12.5. The second kappa shape index (κ2) is 11.7. The lowest BCUT2D eigenvalue weighted by molar-refractivity contribution is -0.0157. The van der Waals surface area contributed by atoms with Crippen molar-refractivity contribution in [2.24, 2.45) is 5.73 Å². The summed E-state index contributed by atoms with van der Waals surface area (Å²) in [5.41, 5.74) is 6.52. The molecule has 0 saturated carbocycles. The molecule has 1 atom stereocenters. The molecule has 1 aromatic rings. The van der Waals surface area contributed by atoms with Crippen LogP contribution in [0.4, 0.5) is 0 Å². The third-order valence-corrected chi connectivity index (χ3v) is 2.58. The van der Waals surface area contributed by atoms with E-state index in [1.165, 1.54) is 0 Å². The van der Waals surface area contributed by atoms with Crippen molar-refractivity contribution < 1.29 is 18.9 Å². The van der Waals surface area contributed by atoms with Crippen LogP contribution < -0.4 is 5.73 Å². The van der Waals surface area contributed by atoms with Gasteiger partial charge in [-0.2, -0.15) is 0 Å². The third-order valence-electron chi connectivity index (χ3n) is 2.58. The van der Waals surface area contributed by atoms with Gasteiger partial charge in [0.15, 0.2) is 0 Å². The van der Waals surface area contributed by atoms with Crippen molar-refractivity contribution >= 4 is 0 Å². The molecule has 0 fully saturated rings. The van der Waals surface area contributed by atoms with E-state index < -0.39 is 0 Å². The van der Waals surface area contributed by atoms with Crippen LogP contribution in [0.3, 0.4) is 0 Å². The zero-order chi connectivity index (χ0) is 14.5. The van der Waals surface area contributed by atoms with Crippen LogP contribution in [0.15, 0.2) is 24.4 Å². The van der Waals surface area contributed by atoms with Crippen molar-refractivity contribution in [1.29, 1.82) is 0 Å². The molecule has 0 aromatic carbocycles. The molecular weight excluding hydrogens is 260 g/mol. The average molecular weight is 284 g/mol. The highest BCUT2D eigenvalue weighted by molar-refractivity contribution is 5.07. The minimum absolute atomic E-state index is 0.183. The largest absolute Gasteiger partial charge is 0.382 e. The molecule has 0 radical (unpaired) electrons. The lowest BCUT2D eigenvalue weighted by Gasteiger charge is -2.15. The lowest BCUT2D eigenvalue weighted by atomic mass is 10.2. The van der Waals surface area contributed by atoms with Crippen LogP contribution in [0.2, 0.25) is 0 Å². The van der Waals surface area contributed by atoms with Crippen molar-refractivity contribution in [2.75, 3.05) is 53.3 Å². The zero-order valence-electron chi connectivity index (χ0n) is 12.0. The van der Waals surface area contributed by atoms with Gasteiger partial charge in [-0.15, -0.1) is 0 Å². The Labute approximate surface area is 120 Å². The van der Waals surface area contributed by atoms with E-state index in [0.29, 0.717) is 46.2 Å². The number of nitrogens with two attached hydrogens (primary N) is 1. The van der Waals surface area contributed by atoms with Gasteiger partial charge in [0.05, 0.1) is 45.3 Å². The van der Waals surface area contributed by atoms with Crippen LogP contribution in [0.1, 0.15) is 11.8 Å². The molecule has 1 heterocycles. The first-order chi connectivity index (χ1) is 9.88. The number of ether oxygens (including phenoxy) is 4. The molecule has 6 nitrogen and oxygen atoms in total. The van der Waals surface area contributed by atoms with Crippen LogP contribution in [-0.4, -0.2) is 58.3 Å². The Morgan fingerprint density at radius 2 is 1.75 bits per heavy atom. The quantitative estimate of drug-likeness (QED) is 0.572. The summed E-state index contributed by atoms with van der Waals surface area (Å²) in [5, 5.41) is 0. The van der Waals surface area contributed by atoms with Gasteiger partial charge in [-0.05, 0) is 12.1 Å². The Balaban J connectivity index is 2.02. The maximum absolute atomic E-state index is 5.68. The van der Waals surface area contributed by atoms with Gasteiger partial charge in [0.25, 0.3) is 0 Å². The first-order valence-corrected chi connectivity index (χ1v) is 6.75. The second-order valence-electron chi connectivity index (χ2n) is 4.07. The van der Waals surface area contributed by atoms with Crippen molar-refractivity contribution in [3.8, 4) is 0 Å². The second-order valence-corrected chi connectivity index (χ2v) is 4.07. The summed E-state index contributed by atoms with van der Waals surface area (Å²) in [6, 6.07) is 5.69. The number of aromatic nitrogens is 1. The molecule has 0 aliphatic heterocycles. The van der Waals surface area contributed by atoms with Crippen LogP contribution in [0, 0.1) is 0 Å². The van der Waals surface area contributed by atoms with E-state index in [1.54, 1.807) is 13.3 Å². The van der Waals surface area contributed by atoms with Gasteiger partial charge in [-0.1, -0.05) is 6.07 Å². The van der Waals surface area contributed by atoms with Gasteiger partial charge in [-0.3, -0.25) is 4.98 Å². The van der Waals surface area contributed by atoms with Crippen LogP contribution in [0.5, 0.6) is 0 Å². The van der Waals surface area contributed by atoms with E-state index >= 15 is 0 Å². The highest BCUT2D eigenvalue weighted by Gasteiger charge is 2.10. The summed E-state index contributed by atoms with van der Waals surface area (Å²) in [7, 11) is 1.65. The summed E-state index contributed by atoms with van der Waals surface area (Å²) in [4.78, 5) is 4.23. The number of pyridine rings is 1. The highest BCUT2D eigenvalue weighted by Crippen LogP contribution is 2.12. The van der Waals surface area contributed by atoms with E-state index in [9.17, 15) is 0 Å². The molecule has 20 heavy (non-hydrogen) atoms. The Hall–Kier alpha value is -1.05. The van der Waals surface area contributed by atoms with Crippen molar-refractivity contribution in [1.82, 2.24) is 4.98 Å². The van der Waals surface area contributed by atoms with Crippen LogP contribution in [-0.2, 0) is 18.9 Å². The van der Waals surface area contributed by atoms with E-state index in [4.69, 9.17) is 24.7 Å². The fourth-order valence-electron chi connectivity index (χ4n) is 1.55. The van der Waals surface area contributed by atoms with Gasteiger partial charge >= 0.3 is 0 Å².